The van der Waals surface area contributed by atoms with Crippen molar-refractivity contribution >= 4 is 5.96 Å². The molecule has 1 aliphatic rings. The molecule has 14 heavy (non-hydrogen) atoms. The first-order valence-electron chi connectivity index (χ1n) is 5.77. The van der Waals surface area contributed by atoms with Gasteiger partial charge in [-0.05, 0) is 19.8 Å². The largest absolute Gasteiger partial charge is 0.370 e. The van der Waals surface area contributed by atoms with Crippen molar-refractivity contribution in [3.63, 3.8) is 0 Å². The molecule has 1 unspecified atom stereocenters. The Morgan fingerprint density at radius 1 is 1.43 bits per heavy atom. The normalized spacial score (nSPS) is 26.8. The molecule has 0 bridgehead atoms. The summed E-state index contributed by atoms with van der Waals surface area (Å²) in [7, 11) is 0. The van der Waals surface area contributed by atoms with Crippen LogP contribution in [-0.4, -0.2) is 29.5 Å². The van der Waals surface area contributed by atoms with Gasteiger partial charge in [0.15, 0.2) is 5.96 Å². The number of likely N-dealkylation sites (N-methyl/N-ethyl adjacent to an activating group) is 1. The van der Waals surface area contributed by atoms with Crippen LogP contribution in [0.15, 0.2) is 4.99 Å². The summed E-state index contributed by atoms with van der Waals surface area (Å²) in [6.45, 7) is 8.51. The minimum Gasteiger partial charge on any atom is -0.370 e. The van der Waals surface area contributed by atoms with Gasteiger partial charge in [-0.1, -0.05) is 26.7 Å². The fourth-order valence-electron chi connectivity index (χ4n) is 2.34. The van der Waals surface area contributed by atoms with Gasteiger partial charge in [-0.15, -0.1) is 0 Å². The van der Waals surface area contributed by atoms with Crippen LogP contribution in [0.25, 0.3) is 0 Å². The van der Waals surface area contributed by atoms with Crippen LogP contribution < -0.4 is 5.73 Å². The molecule has 1 aliphatic heterocycles. The zero-order valence-electron chi connectivity index (χ0n) is 9.71. The third kappa shape index (κ3) is 1.86. The highest BCUT2D eigenvalue weighted by Gasteiger charge is 2.38. The van der Waals surface area contributed by atoms with E-state index in [0.29, 0.717) is 0 Å². The molecular formula is C11H23N3. The molecule has 3 heteroatoms. The molecule has 0 spiro atoms. The summed E-state index contributed by atoms with van der Waals surface area (Å²) in [4.78, 5) is 6.67. The molecule has 0 aromatic rings. The zero-order chi connectivity index (χ0) is 10.6. The van der Waals surface area contributed by atoms with Gasteiger partial charge in [-0.2, -0.15) is 0 Å². The number of hydrogen-bond donors (Lipinski definition) is 1. The molecule has 1 heterocycles. The van der Waals surface area contributed by atoms with E-state index in [9.17, 15) is 0 Å². The quantitative estimate of drug-likeness (QED) is 0.732. The molecule has 82 valence electrons. The van der Waals surface area contributed by atoms with E-state index >= 15 is 0 Å². The fraction of sp³-hybridized carbons (Fsp3) is 0.909. The summed E-state index contributed by atoms with van der Waals surface area (Å²) < 4.78 is 0. The SMILES string of the molecule is CCCCC1(CC)CN=C(N)N1CC. The highest BCUT2D eigenvalue weighted by Crippen LogP contribution is 2.30. The second kappa shape index (κ2) is 4.67. The van der Waals surface area contributed by atoms with Crippen molar-refractivity contribution in [2.24, 2.45) is 10.7 Å². The first-order chi connectivity index (χ1) is 6.70. The number of nitrogens with two attached hydrogens (primary N) is 1. The van der Waals surface area contributed by atoms with E-state index in [-0.39, 0.29) is 5.54 Å². The topological polar surface area (TPSA) is 41.6 Å². The highest BCUT2D eigenvalue weighted by atomic mass is 15.3. The summed E-state index contributed by atoms with van der Waals surface area (Å²) in [6, 6.07) is 0. The van der Waals surface area contributed by atoms with Crippen molar-refractivity contribution in [3.8, 4) is 0 Å². The molecule has 2 N–H and O–H groups in total. The number of aliphatic imine (C=N–C) groups is 1. The minimum atomic E-state index is 0.231. The molecular weight excluding hydrogens is 174 g/mol. The van der Waals surface area contributed by atoms with Gasteiger partial charge in [0.1, 0.15) is 0 Å². The summed E-state index contributed by atoms with van der Waals surface area (Å²) in [6.07, 6.45) is 4.88. The van der Waals surface area contributed by atoms with Crippen LogP contribution in [0.2, 0.25) is 0 Å². The number of unbranched alkanes of at least 4 members (excludes halogenated alkanes) is 1. The molecule has 0 fully saturated rings. The van der Waals surface area contributed by atoms with Gasteiger partial charge in [-0.3, -0.25) is 4.99 Å². The van der Waals surface area contributed by atoms with Gasteiger partial charge in [-0.25, -0.2) is 0 Å². The van der Waals surface area contributed by atoms with Gasteiger partial charge in [0.25, 0.3) is 0 Å². The number of hydrogen-bond acceptors (Lipinski definition) is 3. The van der Waals surface area contributed by atoms with E-state index < -0.39 is 0 Å². The molecule has 0 amide bonds. The van der Waals surface area contributed by atoms with Crippen molar-refractivity contribution in [2.75, 3.05) is 13.1 Å². The summed E-state index contributed by atoms with van der Waals surface area (Å²) >= 11 is 0. The lowest BCUT2D eigenvalue weighted by Gasteiger charge is -2.38. The van der Waals surface area contributed by atoms with Gasteiger partial charge in [0.2, 0.25) is 0 Å². The van der Waals surface area contributed by atoms with E-state index in [0.717, 1.165) is 25.5 Å². The first-order valence-corrected chi connectivity index (χ1v) is 5.77. The lowest BCUT2D eigenvalue weighted by atomic mass is 9.89. The van der Waals surface area contributed by atoms with Crippen molar-refractivity contribution in [2.45, 2.75) is 52.0 Å². The maximum absolute atomic E-state index is 5.89. The highest BCUT2D eigenvalue weighted by molar-refractivity contribution is 5.80. The van der Waals surface area contributed by atoms with E-state index in [4.69, 9.17) is 5.73 Å². The molecule has 0 aromatic carbocycles. The first kappa shape index (κ1) is 11.3. The third-order valence-electron chi connectivity index (χ3n) is 3.35. The van der Waals surface area contributed by atoms with Gasteiger partial charge in [0.05, 0.1) is 12.1 Å². The van der Waals surface area contributed by atoms with Gasteiger partial charge in [0, 0.05) is 6.54 Å². The monoisotopic (exact) mass is 197 g/mol. The predicted molar refractivity (Wildman–Crippen MR) is 61.4 cm³/mol. The second-order valence-electron chi connectivity index (χ2n) is 4.10. The molecule has 0 saturated heterocycles. The molecule has 0 aromatic heterocycles. The third-order valence-corrected chi connectivity index (χ3v) is 3.35. The van der Waals surface area contributed by atoms with Crippen molar-refractivity contribution in [1.82, 2.24) is 4.90 Å². The predicted octanol–water partition coefficient (Wildman–Crippen LogP) is 1.98. The van der Waals surface area contributed by atoms with Crippen molar-refractivity contribution < 1.29 is 0 Å². The lowest BCUT2D eigenvalue weighted by Crippen LogP contribution is -2.51. The van der Waals surface area contributed by atoms with Crippen LogP contribution in [0.5, 0.6) is 0 Å². The van der Waals surface area contributed by atoms with Crippen LogP contribution in [0.1, 0.15) is 46.5 Å². The Kier molecular flexibility index (Phi) is 3.78. The Balaban J connectivity index is 2.70. The van der Waals surface area contributed by atoms with Gasteiger partial charge < -0.3 is 10.6 Å². The van der Waals surface area contributed by atoms with Gasteiger partial charge >= 0.3 is 0 Å². The molecule has 1 rings (SSSR count). The maximum Gasteiger partial charge on any atom is 0.191 e. The Bertz CT molecular complexity index is 213. The molecule has 3 nitrogen and oxygen atoms in total. The lowest BCUT2D eigenvalue weighted by molar-refractivity contribution is 0.181. The van der Waals surface area contributed by atoms with Crippen molar-refractivity contribution in [3.05, 3.63) is 0 Å². The molecule has 1 atom stereocenters. The van der Waals surface area contributed by atoms with Crippen LogP contribution in [0.3, 0.4) is 0 Å². The van der Waals surface area contributed by atoms with Crippen molar-refractivity contribution in [1.29, 1.82) is 0 Å². The average Bonchev–Trinajstić information content (AvgIpc) is 2.53. The van der Waals surface area contributed by atoms with Crippen LogP contribution in [-0.2, 0) is 0 Å². The summed E-state index contributed by atoms with van der Waals surface area (Å²) in [5, 5.41) is 0. The maximum atomic E-state index is 5.89. The Morgan fingerprint density at radius 2 is 2.14 bits per heavy atom. The smallest absolute Gasteiger partial charge is 0.191 e. The van der Waals surface area contributed by atoms with E-state index in [1.54, 1.807) is 0 Å². The van der Waals surface area contributed by atoms with E-state index in [2.05, 4.69) is 30.7 Å². The van der Waals surface area contributed by atoms with Crippen LogP contribution >= 0.6 is 0 Å². The van der Waals surface area contributed by atoms with Crippen LogP contribution in [0.4, 0.5) is 0 Å². The Morgan fingerprint density at radius 3 is 2.64 bits per heavy atom. The number of guanidine groups is 1. The minimum absolute atomic E-state index is 0.231. The standard InChI is InChI=1S/C11H23N3/c1-4-7-8-11(5-2)9-13-10(12)14(11)6-3/h4-9H2,1-3H3,(H2,12,13). The number of nitrogens with zero attached hydrogens (tertiary/aromatic N) is 2. The van der Waals surface area contributed by atoms with E-state index in [1.807, 2.05) is 0 Å². The van der Waals surface area contributed by atoms with E-state index in [1.165, 1.54) is 19.3 Å². The second-order valence-corrected chi connectivity index (χ2v) is 4.10. The molecule has 0 aliphatic carbocycles. The fourth-order valence-corrected chi connectivity index (χ4v) is 2.34. The number of rotatable bonds is 5. The summed E-state index contributed by atoms with van der Waals surface area (Å²) in [5.74, 6) is 0.741. The molecule has 0 saturated carbocycles. The molecule has 0 radical (unpaired) electrons. The zero-order valence-corrected chi connectivity index (χ0v) is 9.71. The Hall–Kier alpha value is -0.730. The van der Waals surface area contributed by atoms with Crippen LogP contribution in [0, 0.1) is 0 Å². The summed E-state index contributed by atoms with van der Waals surface area (Å²) in [5.41, 5.74) is 6.12. The average molecular weight is 197 g/mol. The Labute approximate surface area is 87.4 Å².